The minimum atomic E-state index is -0.213. The van der Waals surface area contributed by atoms with Crippen LogP contribution in [0, 0.1) is 5.82 Å². The van der Waals surface area contributed by atoms with Crippen LogP contribution < -0.4 is 5.32 Å². The SMILES string of the molecule is CNC(=O)CC1CC(C)c2ccc(F)cc21. The predicted octanol–water partition coefficient (Wildman–Crippen LogP) is 2.55. The zero-order valence-electron chi connectivity index (χ0n) is 9.59. The summed E-state index contributed by atoms with van der Waals surface area (Å²) >= 11 is 0. The van der Waals surface area contributed by atoms with E-state index in [2.05, 4.69) is 12.2 Å². The molecule has 86 valence electrons. The Balaban J connectivity index is 2.27. The molecule has 0 fully saturated rings. The number of carbonyl (C=O) groups is 1. The first kappa shape index (κ1) is 11.1. The summed E-state index contributed by atoms with van der Waals surface area (Å²) in [5.74, 6) is 0.398. The number of benzene rings is 1. The van der Waals surface area contributed by atoms with Gasteiger partial charge < -0.3 is 5.32 Å². The molecule has 1 aromatic rings. The van der Waals surface area contributed by atoms with Crippen LogP contribution in [0.3, 0.4) is 0 Å². The summed E-state index contributed by atoms with van der Waals surface area (Å²) in [6, 6.07) is 4.92. The van der Waals surface area contributed by atoms with E-state index in [4.69, 9.17) is 0 Å². The normalized spacial score (nSPS) is 22.9. The number of fused-ring (bicyclic) bond motifs is 1. The third-order valence-electron chi connectivity index (χ3n) is 3.37. The van der Waals surface area contributed by atoms with Crippen LogP contribution in [-0.4, -0.2) is 13.0 Å². The van der Waals surface area contributed by atoms with Gasteiger partial charge in [-0.05, 0) is 41.5 Å². The van der Waals surface area contributed by atoms with Crippen molar-refractivity contribution in [3.05, 3.63) is 35.1 Å². The second-order valence-electron chi connectivity index (χ2n) is 4.48. The van der Waals surface area contributed by atoms with Gasteiger partial charge in [-0.25, -0.2) is 4.39 Å². The Bertz CT molecular complexity index is 416. The van der Waals surface area contributed by atoms with E-state index in [1.165, 1.54) is 11.6 Å². The highest BCUT2D eigenvalue weighted by atomic mass is 19.1. The molecule has 0 spiro atoms. The van der Waals surface area contributed by atoms with Crippen LogP contribution in [0.2, 0.25) is 0 Å². The quantitative estimate of drug-likeness (QED) is 0.817. The summed E-state index contributed by atoms with van der Waals surface area (Å²) in [6.45, 7) is 2.13. The lowest BCUT2D eigenvalue weighted by Gasteiger charge is -2.10. The number of hydrogen-bond acceptors (Lipinski definition) is 1. The van der Waals surface area contributed by atoms with E-state index in [1.807, 2.05) is 6.07 Å². The third kappa shape index (κ3) is 1.94. The Morgan fingerprint density at radius 1 is 1.50 bits per heavy atom. The van der Waals surface area contributed by atoms with Gasteiger partial charge in [0, 0.05) is 13.5 Å². The van der Waals surface area contributed by atoms with Crippen LogP contribution in [0.5, 0.6) is 0 Å². The lowest BCUT2D eigenvalue weighted by atomic mass is 9.97. The van der Waals surface area contributed by atoms with Crippen LogP contribution in [0.4, 0.5) is 4.39 Å². The van der Waals surface area contributed by atoms with Crippen molar-refractivity contribution in [1.29, 1.82) is 0 Å². The molecule has 0 bridgehead atoms. The van der Waals surface area contributed by atoms with Crippen LogP contribution in [0.25, 0.3) is 0 Å². The molecule has 0 aliphatic heterocycles. The largest absolute Gasteiger partial charge is 0.359 e. The van der Waals surface area contributed by atoms with Gasteiger partial charge in [0.05, 0.1) is 0 Å². The van der Waals surface area contributed by atoms with Gasteiger partial charge in [-0.2, -0.15) is 0 Å². The Kier molecular flexibility index (Phi) is 2.95. The molecular formula is C13H16FNO. The van der Waals surface area contributed by atoms with Gasteiger partial charge in [0.15, 0.2) is 0 Å². The van der Waals surface area contributed by atoms with Gasteiger partial charge in [0.25, 0.3) is 0 Å². The molecule has 1 aromatic carbocycles. The van der Waals surface area contributed by atoms with Crippen molar-refractivity contribution in [3.8, 4) is 0 Å². The van der Waals surface area contributed by atoms with Crippen molar-refractivity contribution >= 4 is 5.91 Å². The van der Waals surface area contributed by atoms with E-state index in [1.54, 1.807) is 13.1 Å². The average Bonchev–Trinajstić information content (AvgIpc) is 2.55. The number of halogens is 1. The minimum Gasteiger partial charge on any atom is -0.359 e. The molecule has 0 saturated carbocycles. The second-order valence-corrected chi connectivity index (χ2v) is 4.48. The third-order valence-corrected chi connectivity index (χ3v) is 3.37. The van der Waals surface area contributed by atoms with Gasteiger partial charge in [-0.1, -0.05) is 13.0 Å². The summed E-state index contributed by atoms with van der Waals surface area (Å²) in [5, 5.41) is 2.62. The van der Waals surface area contributed by atoms with Crippen LogP contribution in [0.1, 0.15) is 42.7 Å². The molecule has 3 heteroatoms. The van der Waals surface area contributed by atoms with E-state index in [0.29, 0.717) is 12.3 Å². The zero-order chi connectivity index (χ0) is 11.7. The van der Waals surface area contributed by atoms with Crippen LogP contribution >= 0.6 is 0 Å². The first-order valence-electron chi connectivity index (χ1n) is 5.61. The van der Waals surface area contributed by atoms with Gasteiger partial charge in [0.2, 0.25) is 5.91 Å². The maximum absolute atomic E-state index is 13.2. The molecule has 16 heavy (non-hydrogen) atoms. The smallest absolute Gasteiger partial charge is 0.220 e. The Morgan fingerprint density at radius 3 is 2.94 bits per heavy atom. The summed E-state index contributed by atoms with van der Waals surface area (Å²) in [4.78, 5) is 11.4. The lowest BCUT2D eigenvalue weighted by Crippen LogP contribution is -2.19. The molecule has 1 N–H and O–H groups in total. The fourth-order valence-electron chi connectivity index (χ4n) is 2.55. The van der Waals surface area contributed by atoms with Gasteiger partial charge >= 0.3 is 0 Å². The maximum Gasteiger partial charge on any atom is 0.220 e. The Hall–Kier alpha value is -1.38. The lowest BCUT2D eigenvalue weighted by molar-refractivity contribution is -0.121. The van der Waals surface area contributed by atoms with Crippen molar-refractivity contribution in [2.75, 3.05) is 7.05 Å². The van der Waals surface area contributed by atoms with Gasteiger partial charge in [-0.15, -0.1) is 0 Å². The molecule has 0 heterocycles. The minimum absolute atomic E-state index is 0.0225. The fraction of sp³-hybridized carbons (Fsp3) is 0.462. The number of rotatable bonds is 2. The Labute approximate surface area is 94.9 Å². The summed E-state index contributed by atoms with van der Waals surface area (Å²) in [7, 11) is 1.63. The first-order valence-corrected chi connectivity index (χ1v) is 5.61. The van der Waals surface area contributed by atoms with Gasteiger partial charge in [-0.3, -0.25) is 4.79 Å². The van der Waals surface area contributed by atoms with Crippen molar-refractivity contribution in [3.63, 3.8) is 0 Å². The summed E-state index contributed by atoms with van der Waals surface area (Å²) < 4.78 is 13.2. The highest BCUT2D eigenvalue weighted by Gasteiger charge is 2.29. The molecule has 0 saturated heterocycles. The molecule has 2 unspecified atom stereocenters. The van der Waals surface area contributed by atoms with Crippen molar-refractivity contribution in [1.82, 2.24) is 5.32 Å². The molecule has 2 rings (SSSR count). The number of nitrogens with one attached hydrogen (secondary N) is 1. The molecular weight excluding hydrogens is 205 g/mol. The summed E-state index contributed by atoms with van der Waals surface area (Å²) in [5.41, 5.74) is 2.20. The zero-order valence-corrected chi connectivity index (χ0v) is 9.59. The topological polar surface area (TPSA) is 29.1 Å². The number of hydrogen-bond donors (Lipinski definition) is 1. The predicted molar refractivity (Wildman–Crippen MR) is 60.9 cm³/mol. The first-order chi connectivity index (χ1) is 7.61. The number of amides is 1. The molecule has 1 aliphatic carbocycles. The van der Waals surface area contributed by atoms with Crippen LogP contribution in [-0.2, 0) is 4.79 Å². The average molecular weight is 221 g/mol. The highest BCUT2D eigenvalue weighted by molar-refractivity contribution is 5.76. The molecule has 1 aliphatic rings. The fourth-order valence-corrected chi connectivity index (χ4v) is 2.55. The van der Waals surface area contributed by atoms with Crippen molar-refractivity contribution < 1.29 is 9.18 Å². The van der Waals surface area contributed by atoms with E-state index in [0.717, 1.165) is 12.0 Å². The van der Waals surface area contributed by atoms with E-state index < -0.39 is 0 Å². The van der Waals surface area contributed by atoms with E-state index in [-0.39, 0.29) is 17.6 Å². The van der Waals surface area contributed by atoms with E-state index >= 15 is 0 Å². The van der Waals surface area contributed by atoms with Gasteiger partial charge in [0.1, 0.15) is 5.82 Å². The molecule has 2 atom stereocenters. The second kappa shape index (κ2) is 4.24. The van der Waals surface area contributed by atoms with Crippen molar-refractivity contribution in [2.45, 2.75) is 31.6 Å². The van der Waals surface area contributed by atoms with Crippen LogP contribution in [0.15, 0.2) is 18.2 Å². The molecule has 0 radical (unpaired) electrons. The summed E-state index contributed by atoms with van der Waals surface area (Å²) in [6.07, 6.45) is 1.39. The Morgan fingerprint density at radius 2 is 2.25 bits per heavy atom. The number of carbonyl (C=O) groups excluding carboxylic acids is 1. The standard InChI is InChI=1S/C13H16FNO/c1-8-5-9(6-13(16)15-2)12-7-10(14)3-4-11(8)12/h3-4,7-9H,5-6H2,1-2H3,(H,15,16). The molecule has 0 aromatic heterocycles. The van der Waals surface area contributed by atoms with E-state index in [9.17, 15) is 9.18 Å². The molecule has 1 amide bonds. The monoisotopic (exact) mass is 221 g/mol. The highest BCUT2D eigenvalue weighted by Crippen LogP contribution is 2.43. The maximum atomic E-state index is 13.2. The van der Waals surface area contributed by atoms with Crippen molar-refractivity contribution in [2.24, 2.45) is 0 Å². The molecule has 2 nitrogen and oxygen atoms in total.